The molecule has 0 spiro atoms. The largest absolute Gasteiger partial charge is 0.457 e. The van der Waals surface area contributed by atoms with Crippen molar-refractivity contribution in [3.8, 4) is 51.0 Å². The van der Waals surface area contributed by atoms with Gasteiger partial charge in [-0.05, 0) is 99.5 Å². The lowest BCUT2D eigenvalue weighted by atomic mass is 9.99. The van der Waals surface area contributed by atoms with Crippen LogP contribution in [0.5, 0.6) is 0 Å². The molecule has 4 N–H and O–H groups in total. The summed E-state index contributed by atoms with van der Waals surface area (Å²) in [6, 6.07) is 14.4. The Labute approximate surface area is 338 Å². The van der Waals surface area contributed by atoms with Gasteiger partial charge in [-0.2, -0.15) is 45.6 Å². The number of pyridine rings is 2. The molecule has 0 saturated carbocycles. The number of fused-ring (bicyclic) bond motifs is 2. The molecule has 0 fully saturated rings. The Morgan fingerprint density at radius 3 is 1.80 bits per heavy atom. The zero-order valence-electron chi connectivity index (χ0n) is 32.0. The molecule has 0 radical (unpaired) electrons. The first-order valence-electron chi connectivity index (χ1n) is 17.8. The normalized spacial score (nSPS) is 12.4. The molecule has 8 aromatic rings. The molecule has 0 saturated heterocycles. The number of nitrogen functional groups attached to an aromatic ring is 2. The highest BCUT2D eigenvalue weighted by Crippen LogP contribution is 2.41. The van der Waals surface area contributed by atoms with Gasteiger partial charge in [0.25, 0.3) is 5.82 Å². The van der Waals surface area contributed by atoms with Crippen molar-refractivity contribution in [1.82, 2.24) is 49.1 Å². The van der Waals surface area contributed by atoms with Gasteiger partial charge in [0, 0.05) is 17.0 Å². The smallest absolute Gasteiger partial charge is 0.433 e. The van der Waals surface area contributed by atoms with Gasteiger partial charge in [0.05, 0.1) is 16.8 Å². The Morgan fingerprint density at radius 1 is 0.689 bits per heavy atom. The first kappa shape index (κ1) is 40.2. The van der Waals surface area contributed by atoms with E-state index < -0.39 is 35.2 Å². The van der Waals surface area contributed by atoms with Crippen LogP contribution in [-0.2, 0) is 29.3 Å². The number of hydrogen-bond donors (Lipinski definition) is 2. The number of furan rings is 1. The van der Waals surface area contributed by atoms with Gasteiger partial charge in [-0.3, -0.25) is 0 Å². The van der Waals surface area contributed by atoms with Gasteiger partial charge in [-0.15, -0.1) is 10.2 Å². The van der Waals surface area contributed by atoms with E-state index >= 15 is 0 Å². The summed E-state index contributed by atoms with van der Waals surface area (Å²) in [5.41, 5.74) is 9.40. The van der Waals surface area contributed by atoms with Crippen molar-refractivity contribution in [2.45, 2.75) is 52.3 Å². The number of ether oxygens (including phenoxy) is 1. The first-order chi connectivity index (χ1) is 28.7. The van der Waals surface area contributed by atoms with Crippen molar-refractivity contribution in [1.29, 1.82) is 5.26 Å². The minimum absolute atomic E-state index is 0.00950. The molecule has 61 heavy (non-hydrogen) atoms. The third-order valence-corrected chi connectivity index (χ3v) is 9.31. The third kappa shape index (κ3) is 7.50. The minimum atomic E-state index is -4.80. The fraction of sp³-hybridized carbons (Fsp3) is 0.205. The SMILES string of the molecule is Cc1cc(-c2c(-c3ccc(F)cc3)nc(N)n3nc(C(C)(C)OCc4ccc(-c5nc(N)n6nc(C#N)nc6c5-c5cc(C)nc(C(F)(F)F)c5)o4)nc23)cc(C(F)(F)F)n1. The number of hydrogen-bond acceptors (Lipinski definition) is 13. The lowest BCUT2D eigenvalue weighted by molar-refractivity contribution is -0.142. The maximum absolute atomic E-state index is 14.0. The van der Waals surface area contributed by atoms with Crippen molar-refractivity contribution >= 4 is 23.2 Å². The second-order valence-corrected chi connectivity index (χ2v) is 14.2. The minimum Gasteiger partial charge on any atom is -0.457 e. The van der Waals surface area contributed by atoms with Gasteiger partial charge in [0.2, 0.25) is 11.9 Å². The molecule has 0 atom stereocenters. The number of nitrogens with zero attached hydrogens (tertiary/aromatic N) is 11. The summed E-state index contributed by atoms with van der Waals surface area (Å²) in [4.78, 5) is 25.0. The van der Waals surface area contributed by atoms with Gasteiger partial charge in [0.15, 0.2) is 22.9 Å². The Balaban J connectivity index is 1.18. The van der Waals surface area contributed by atoms with Crippen LogP contribution in [0, 0.1) is 31.0 Å². The quantitative estimate of drug-likeness (QED) is 0.140. The van der Waals surface area contributed by atoms with E-state index in [1.54, 1.807) is 19.9 Å². The molecule has 7 aromatic heterocycles. The Hall–Kier alpha value is -7.54. The van der Waals surface area contributed by atoms with Crippen LogP contribution in [-0.4, -0.2) is 49.1 Å². The molecule has 0 aliphatic carbocycles. The number of halogens is 7. The lowest BCUT2D eigenvalue weighted by Crippen LogP contribution is -2.23. The van der Waals surface area contributed by atoms with E-state index in [2.05, 4.69) is 40.1 Å². The van der Waals surface area contributed by atoms with Crippen LogP contribution in [0.2, 0.25) is 0 Å². The first-order valence-corrected chi connectivity index (χ1v) is 17.8. The Kier molecular flexibility index (Phi) is 9.46. The van der Waals surface area contributed by atoms with Gasteiger partial charge < -0.3 is 20.6 Å². The average molecular weight is 844 g/mol. The molecule has 1 aromatic carbocycles. The van der Waals surface area contributed by atoms with E-state index in [0.29, 0.717) is 5.56 Å². The van der Waals surface area contributed by atoms with Crippen molar-refractivity contribution in [3.63, 3.8) is 0 Å². The highest BCUT2D eigenvalue weighted by atomic mass is 19.4. The number of nitrogens with two attached hydrogens (primary N) is 2. The molecule has 15 nitrogen and oxygen atoms in total. The molecule has 0 aliphatic heterocycles. The molecule has 0 unspecified atom stereocenters. The van der Waals surface area contributed by atoms with E-state index in [9.17, 15) is 36.0 Å². The molecular weight excluding hydrogens is 816 g/mol. The summed E-state index contributed by atoms with van der Waals surface area (Å²) >= 11 is 0. The fourth-order valence-corrected chi connectivity index (χ4v) is 6.56. The van der Waals surface area contributed by atoms with E-state index in [1.165, 1.54) is 62.4 Å². The maximum atomic E-state index is 14.0. The van der Waals surface area contributed by atoms with Crippen LogP contribution >= 0.6 is 0 Å². The van der Waals surface area contributed by atoms with Gasteiger partial charge in [0.1, 0.15) is 46.9 Å². The lowest BCUT2D eigenvalue weighted by Gasteiger charge is -2.21. The van der Waals surface area contributed by atoms with Crippen LogP contribution in [0.1, 0.15) is 54.0 Å². The number of aryl methyl sites for hydroxylation is 2. The van der Waals surface area contributed by atoms with Crippen LogP contribution in [0.3, 0.4) is 0 Å². The number of anilines is 2. The molecule has 0 bridgehead atoms. The Bertz CT molecular complexity index is 3070. The highest BCUT2D eigenvalue weighted by Gasteiger charge is 2.36. The molecule has 7 heterocycles. The topological polar surface area (TPSA) is 210 Å². The third-order valence-electron chi connectivity index (χ3n) is 9.31. The molecule has 310 valence electrons. The second-order valence-electron chi connectivity index (χ2n) is 14.2. The van der Waals surface area contributed by atoms with Crippen molar-refractivity contribution in [3.05, 3.63) is 107 Å². The molecule has 0 amide bonds. The molecular formula is C39H28F7N13O2. The average Bonchev–Trinajstić information content (AvgIpc) is 3.96. The van der Waals surface area contributed by atoms with E-state index in [1.807, 2.05) is 0 Å². The van der Waals surface area contributed by atoms with Crippen molar-refractivity contribution < 1.29 is 39.9 Å². The van der Waals surface area contributed by atoms with Crippen molar-refractivity contribution in [2.24, 2.45) is 0 Å². The Morgan fingerprint density at radius 2 is 1.23 bits per heavy atom. The highest BCUT2D eigenvalue weighted by molar-refractivity contribution is 5.91. The van der Waals surface area contributed by atoms with E-state index in [0.717, 1.165) is 21.2 Å². The summed E-state index contributed by atoms with van der Waals surface area (Å²) in [5, 5.41) is 18.0. The predicted molar refractivity (Wildman–Crippen MR) is 202 cm³/mol. The van der Waals surface area contributed by atoms with Crippen LogP contribution in [0.15, 0.2) is 65.1 Å². The maximum Gasteiger partial charge on any atom is 0.433 e. The standard InChI is InChI=1S/C39H28F7N13O2/c1-17-11-20(13-25(50-17)38(41,42)43)28-30(19-5-7-22(40)8-6-19)53-35(48)59-33(28)55-34(57-59)37(3,4)60-16-23-9-10-24(61-23)31-29(21-12-18(2)51-26(14-21)39(44,45)46)32-52-27(15-47)56-58(32)36(49)54-31/h5-14H,16H2,1-4H3,(H2,48,53)(H2,49,54). The number of nitriles is 1. The number of alkyl halides is 6. The molecule has 8 rings (SSSR count). The van der Waals surface area contributed by atoms with Crippen molar-refractivity contribution in [2.75, 3.05) is 11.5 Å². The zero-order valence-corrected chi connectivity index (χ0v) is 32.0. The molecule has 22 heteroatoms. The summed E-state index contributed by atoms with van der Waals surface area (Å²) in [6.45, 7) is 5.77. The number of rotatable bonds is 8. The predicted octanol–water partition coefficient (Wildman–Crippen LogP) is 7.89. The summed E-state index contributed by atoms with van der Waals surface area (Å²) < 4.78 is 112. The molecule has 0 aliphatic rings. The summed E-state index contributed by atoms with van der Waals surface area (Å²) in [6.07, 6.45) is -9.59. The van der Waals surface area contributed by atoms with Gasteiger partial charge in [-0.25, -0.2) is 29.3 Å². The van der Waals surface area contributed by atoms with Gasteiger partial charge >= 0.3 is 12.4 Å². The number of benzene rings is 1. The van der Waals surface area contributed by atoms with E-state index in [-0.39, 0.29) is 98.0 Å². The second kappa shape index (κ2) is 14.3. The van der Waals surface area contributed by atoms with Gasteiger partial charge in [-0.1, -0.05) is 0 Å². The number of aromatic nitrogens is 10. The van der Waals surface area contributed by atoms with Crippen LogP contribution in [0.25, 0.3) is 56.3 Å². The summed E-state index contributed by atoms with van der Waals surface area (Å²) in [7, 11) is 0. The van der Waals surface area contributed by atoms with Crippen LogP contribution in [0.4, 0.5) is 42.6 Å². The van der Waals surface area contributed by atoms with E-state index in [4.69, 9.17) is 20.6 Å². The fourth-order valence-electron chi connectivity index (χ4n) is 6.56. The summed E-state index contributed by atoms with van der Waals surface area (Å²) in [5.74, 6) is -1.03. The monoisotopic (exact) mass is 843 g/mol. The van der Waals surface area contributed by atoms with Crippen LogP contribution < -0.4 is 11.5 Å². The zero-order chi connectivity index (χ0) is 43.8.